The molecular weight excluding hydrogens is 743 g/mol. The lowest BCUT2D eigenvalue weighted by atomic mass is 9.69. The van der Waals surface area contributed by atoms with Crippen molar-refractivity contribution in [2.24, 2.45) is 0 Å². The van der Waals surface area contributed by atoms with Crippen LogP contribution in [0.5, 0.6) is 23.0 Å². The molecule has 7 aromatic carbocycles. The zero-order chi connectivity index (χ0) is 40.5. The molecule has 0 radical (unpaired) electrons. The molecule has 6 aliphatic rings. The van der Waals surface area contributed by atoms with Crippen molar-refractivity contribution in [3.8, 4) is 34.1 Å². The summed E-state index contributed by atoms with van der Waals surface area (Å²) < 4.78 is 13.9. The summed E-state index contributed by atoms with van der Waals surface area (Å²) >= 11 is 0. The molecule has 1 unspecified atom stereocenters. The van der Waals surface area contributed by atoms with Crippen molar-refractivity contribution in [1.29, 1.82) is 0 Å². The number of allylic oxidation sites excluding steroid dienone is 8. The molecule has 0 bridgehead atoms. The second kappa shape index (κ2) is 12.7. The Bertz CT molecular complexity index is 3100. The van der Waals surface area contributed by atoms with Crippen LogP contribution in [0.4, 0.5) is 17.1 Å². The van der Waals surface area contributed by atoms with Gasteiger partial charge in [0, 0.05) is 34.3 Å². The first kappa shape index (κ1) is 34.7. The number of para-hydroxylation sites is 1. The van der Waals surface area contributed by atoms with E-state index < -0.39 is 5.41 Å². The first-order valence-electron chi connectivity index (χ1n) is 21.7. The van der Waals surface area contributed by atoms with E-state index in [1.165, 1.54) is 72.4 Å². The van der Waals surface area contributed by atoms with Gasteiger partial charge in [-0.3, -0.25) is 0 Å². The van der Waals surface area contributed by atoms with Crippen molar-refractivity contribution < 1.29 is 9.47 Å². The smallest absolute Gasteiger partial charge is 0.177 e. The van der Waals surface area contributed by atoms with E-state index in [0.717, 1.165) is 53.6 Å². The Labute approximate surface area is 357 Å². The summed E-state index contributed by atoms with van der Waals surface area (Å²) in [6.07, 6.45) is 12.5. The molecule has 7 aromatic rings. The van der Waals surface area contributed by atoms with Gasteiger partial charge in [0.05, 0.1) is 11.1 Å². The zero-order valence-corrected chi connectivity index (χ0v) is 34.3. The molecule has 0 N–H and O–H groups in total. The monoisotopic (exact) mass is 785 g/mol. The molecule has 3 heteroatoms. The van der Waals surface area contributed by atoms with Crippen LogP contribution < -0.4 is 14.4 Å². The maximum absolute atomic E-state index is 7.03. The fraction of sp³-hybridized carbons (Fsp3) is 0.138. The van der Waals surface area contributed by atoms with Crippen molar-refractivity contribution in [2.45, 2.75) is 49.9 Å². The molecule has 1 heterocycles. The van der Waals surface area contributed by atoms with Crippen LogP contribution >= 0.6 is 0 Å². The molecule has 3 nitrogen and oxygen atoms in total. The van der Waals surface area contributed by atoms with E-state index in [1.807, 2.05) is 0 Å². The predicted octanol–water partition coefficient (Wildman–Crippen LogP) is 15.3. The van der Waals surface area contributed by atoms with Gasteiger partial charge in [-0.1, -0.05) is 147 Å². The molecule has 0 fully saturated rings. The molecule has 61 heavy (non-hydrogen) atoms. The predicted molar refractivity (Wildman–Crippen MR) is 248 cm³/mol. The molecule has 1 spiro atoms. The number of anilines is 3. The van der Waals surface area contributed by atoms with Crippen molar-refractivity contribution in [3.05, 3.63) is 232 Å². The minimum Gasteiger partial charge on any atom is -0.449 e. The standard InChI is InChI=1S/C58H43NO2/c1-57(2)46-20-10-6-18-43(46)45-34-37(26-30-47(45)57)36-24-27-39(28-25-36)59(38-14-4-3-5-15-38)40-29-32-52-54(35-40)60-53-33-31-51-55(56(53)61-52)44-19-9-13-23-50(44)58(51)48-21-11-7-16-41(48)42-17-8-12-22-49(42)58/h3-8,10-18,20-33,35,37H,9,19,34H2,1-2H3. The van der Waals surface area contributed by atoms with Crippen LogP contribution in [0, 0.1) is 0 Å². The molecule has 0 amide bonds. The second-order valence-corrected chi connectivity index (χ2v) is 17.8. The van der Waals surface area contributed by atoms with E-state index >= 15 is 0 Å². The molecule has 0 saturated heterocycles. The third-order valence-corrected chi connectivity index (χ3v) is 14.4. The Morgan fingerprint density at radius 1 is 0.525 bits per heavy atom. The second-order valence-electron chi connectivity index (χ2n) is 17.8. The average Bonchev–Trinajstić information content (AvgIpc) is 3.87. The summed E-state index contributed by atoms with van der Waals surface area (Å²) in [6, 6.07) is 57.4. The van der Waals surface area contributed by atoms with Gasteiger partial charge in [0.1, 0.15) is 0 Å². The number of hydrogen-bond acceptors (Lipinski definition) is 3. The molecule has 5 aliphatic carbocycles. The Morgan fingerprint density at radius 3 is 1.95 bits per heavy atom. The van der Waals surface area contributed by atoms with E-state index in [1.54, 1.807) is 0 Å². The Balaban J connectivity index is 0.857. The number of hydrogen-bond donors (Lipinski definition) is 0. The highest BCUT2D eigenvalue weighted by atomic mass is 16.6. The van der Waals surface area contributed by atoms with Crippen LogP contribution in [0.15, 0.2) is 193 Å². The molecule has 292 valence electrons. The van der Waals surface area contributed by atoms with E-state index in [2.05, 4.69) is 201 Å². The van der Waals surface area contributed by atoms with Crippen molar-refractivity contribution >= 4 is 28.2 Å². The first-order valence-corrected chi connectivity index (χ1v) is 21.7. The number of benzene rings is 7. The summed E-state index contributed by atoms with van der Waals surface area (Å²) in [5.74, 6) is 3.33. The summed E-state index contributed by atoms with van der Waals surface area (Å²) in [6.45, 7) is 4.72. The molecule has 0 aromatic heterocycles. The topological polar surface area (TPSA) is 21.7 Å². The van der Waals surface area contributed by atoms with Gasteiger partial charge in [-0.15, -0.1) is 0 Å². The van der Waals surface area contributed by atoms with Crippen LogP contribution in [0.1, 0.15) is 78.0 Å². The van der Waals surface area contributed by atoms with Gasteiger partial charge in [0.15, 0.2) is 23.0 Å². The molecule has 0 saturated carbocycles. The lowest BCUT2D eigenvalue weighted by Gasteiger charge is -2.32. The van der Waals surface area contributed by atoms with Crippen molar-refractivity contribution in [2.75, 3.05) is 4.90 Å². The van der Waals surface area contributed by atoms with Gasteiger partial charge in [-0.05, 0) is 129 Å². The van der Waals surface area contributed by atoms with E-state index in [9.17, 15) is 0 Å². The highest BCUT2D eigenvalue weighted by Crippen LogP contribution is 2.66. The van der Waals surface area contributed by atoms with Crippen LogP contribution in [0.2, 0.25) is 0 Å². The van der Waals surface area contributed by atoms with Gasteiger partial charge in [0.25, 0.3) is 0 Å². The maximum Gasteiger partial charge on any atom is 0.177 e. The Morgan fingerprint density at radius 2 is 1.18 bits per heavy atom. The third kappa shape index (κ3) is 4.75. The van der Waals surface area contributed by atoms with Gasteiger partial charge in [-0.25, -0.2) is 0 Å². The van der Waals surface area contributed by atoms with Gasteiger partial charge in [0.2, 0.25) is 0 Å². The van der Waals surface area contributed by atoms with Gasteiger partial charge >= 0.3 is 0 Å². The van der Waals surface area contributed by atoms with Crippen molar-refractivity contribution in [1.82, 2.24) is 0 Å². The molecule has 1 atom stereocenters. The van der Waals surface area contributed by atoms with Crippen LogP contribution in [-0.2, 0) is 10.8 Å². The minimum atomic E-state index is -0.393. The molecule has 1 aliphatic heterocycles. The molecular formula is C58H43NO2. The van der Waals surface area contributed by atoms with Crippen LogP contribution in [0.25, 0.3) is 22.3 Å². The number of ether oxygens (including phenoxy) is 2. The third-order valence-electron chi connectivity index (χ3n) is 14.4. The zero-order valence-electron chi connectivity index (χ0n) is 34.3. The van der Waals surface area contributed by atoms with Crippen LogP contribution in [0.3, 0.4) is 0 Å². The van der Waals surface area contributed by atoms with Gasteiger partial charge in [-0.2, -0.15) is 0 Å². The quantitative estimate of drug-likeness (QED) is 0.177. The molecule has 13 rings (SSSR count). The fourth-order valence-corrected chi connectivity index (χ4v) is 11.7. The average molecular weight is 786 g/mol. The summed E-state index contributed by atoms with van der Waals surface area (Å²) in [5, 5.41) is 0. The highest BCUT2D eigenvalue weighted by molar-refractivity contribution is 5.98. The van der Waals surface area contributed by atoms with E-state index in [0.29, 0.717) is 11.7 Å². The summed E-state index contributed by atoms with van der Waals surface area (Å²) in [5.41, 5.74) is 20.4. The van der Waals surface area contributed by atoms with Gasteiger partial charge < -0.3 is 14.4 Å². The minimum absolute atomic E-state index is 0.0332. The Kier molecular flexibility index (Phi) is 7.23. The lowest BCUT2D eigenvalue weighted by Crippen LogP contribution is -2.27. The maximum atomic E-state index is 7.03. The largest absolute Gasteiger partial charge is 0.449 e. The highest BCUT2D eigenvalue weighted by Gasteiger charge is 2.54. The van der Waals surface area contributed by atoms with Crippen LogP contribution in [-0.4, -0.2) is 0 Å². The van der Waals surface area contributed by atoms with E-state index in [-0.39, 0.29) is 5.41 Å². The van der Waals surface area contributed by atoms with Crippen molar-refractivity contribution in [3.63, 3.8) is 0 Å². The SMILES string of the molecule is CC1(C)C2=C(CC(c3ccc(N(c4ccccc4)c4ccc5c(c4)Oc4ccc6c(c4O5)C4=C(C=CCC4)C64c5ccccc5-c5ccccc54)cc3)C=C2)c2ccccc21. The fourth-order valence-electron chi connectivity index (χ4n) is 11.7. The summed E-state index contributed by atoms with van der Waals surface area (Å²) in [4.78, 5) is 2.31. The van der Waals surface area contributed by atoms with E-state index in [4.69, 9.17) is 9.47 Å². The normalized spacial score (nSPS) is 18.6. The lowest BCUT2D eigenvalue weighted by molar-refractivity contribution is 0.358. The first-order chi connectivity index (χ1) is 30.0. The number of rotatable bonds is 4. The number of nitrogens with zero attached hydrogens (tertiary/aromatic N) is 1. The number of fused-ring (bicyclic) bond motifs is 14. The Hall–Kier alpha value is -7.10. The summed E-state index contributed by atoms with van der Waals surface area (Å²) in [7, 11) is 0.